The van der Waals surface area contributed by atoms with Gasteiger partial charge in [0.25, 0.3) is 5.91 Å². The van der Waals surface area contributed by atoms with Crippen LogP contribution in [0.5, 0.6) is 11.5 Å². The number of aliphatic hydroxyl groups is 1. The molecule has 1 saturated heterocycles. The van der Waals surface area contributed by atoms with Crippen LogP contribution in [0.2, 0.25) is 0 Å². The summed E-state index contributed by atoms with van der Waals surface area (Å²) >= 11 is 0. The van der Waals surface area contributed by atoms with Crippen molar-refractivity contribution < 1.29 is 19.4 Å². The molecule has 1 N–H and O–H groups in total. The predicted molar refractivity (Wildman–Crippen MR) is 157 cm³/mol. The Morgan fingerprint density at radius 3 is 2.61 bits per heavy atom. The van der Waals surface area contributed by atoms with Crippen molar-refractivity contribution in [3.05, 3.63) is 95.1 Å². The van der Waals surface area contributed by atoms with E-state index in [0.29, 0.717) is 18.6 Å². The number of ether oxygens (including phenoxy) is 2. The Kier molecular flexibility index (Phi) is 6.33. The van der Waals surface area contributed by atoms with E-state index in [9.17, 15) is 9.90 Å². The Morgan fingerprint density at radius 1 is 1.10 bits per heavy atom. The number of benzene rings is 3. The molecular formula is C35H36N2O4. The Bertz CT molecular complexity index is 1530. The van der Waals surface area contributed by atoms with Crippen molar-refractivity contribution >= 4 is 5.91 Å². The molecule has 6 heteroatoms. The minimum absolute atomic E-state index is 0.0160. The number of methoxy groups -OCH3 is 1. The number of rotatable bonds is 5. The lowest BCUT2D eigenvalue weighted by Crippen LogP contribution is -2.78. The van der Waals surface area contributed by atoms with Crippen molar-refractivity contribution in [3.8, 4) is 23.3 Å². The van der Waals surface area contributed by atoms with Crippen LogP contribution in [-0.4, -0.2) is 71.8 Å². The monoisotopic (exact) mass is 548 g/mol. The molecule has 210 valence electrons. The molecule has 1 saturated carbocycles. The number of likely N-dealkylation sites (tertiary alicyclic amines) is 1. The molecule has 2 fully saturated rings. The van der Waals surface area contributed by atoms with Crippen LogP contribution >= 0.6 is 0 Å². The third-order valence-corrected chi connectivity index (χ3v) is 10.2. The maximum Gasteiger partial charge on any atom is 0.298 e. The van der Waals surface area contributed by atoms with Gasteiger partial charge in [-0.15, -0.1) is 0 Å². The van der Waals surface area contributed by atoms with Crippen LogP contribution in [0.25, 0.3) is 0 Å². The van der Waals surface area contributed by atoms with E-state index in [0.717, 1.165) is 49.2 Å². The van der Waals surface area contributed by atoms with E-state index in [1.165, 1.54) is 11.1 Å². The molecule has 0 unspecified atom stereocenters. The van der Waals surface area contributed by atoms with E-state index in [2.05, 4.69) is 53.1 Å². The SMILES string of the molecule is COc1ccc2c3c1O[C@H]1[C@H](N(C)C(=O)C#Cc4ccccc4)CC[C@@]4(O)[C@@H](C2)N(CCc2ccccc2)CC[C@]314. The largest absolute Gasteiger partial charge is 0.493 e. The minimum Gasteiger partial charge on any atom is -0.493 e. The molecule has 41 heavy (non-hydrogen) atoms. The van der Waals surface area contributed by atoms with Crippen LogP contribution in [0, 0.1) is 11.8 Å². The Balaban J connectivity index is 1.24. The second-order valence-electron chi connectivity index (χ2n) is 11.9. The van der Waals surface area contributed by atoms with Crippen LogP contribution < -0.4 is 9.47 Å². The Morgan fingerprint density at radius 2 is 1.85 bits per heavy atom. The molecule has 2 heterocycles. The van der Waals surface area contributed by atoms with Gasteiger partial charge in [0.2, 0.25) is 0 Å². The van der Waals surface area contributed by atoms with Crippen LogP contribution in [0.3, 0.4) is 0 Å². The number of hydrogen-bond acceptors (Lipinski definition) is 5. The smallest absolute Gasteiger partial charge is 0.298 e. The maximum atomic E-state index is 13.4. The summed E-state index contributed by atoms with van der Waals surface area (Å²) in [6.07, 6.45) is 3.36. The van der Waals surface area contributed by atoms with E-state index in [1.54, 1.807) is 12.0 Å². The number of nitrogens with zero attached hydrogens (tertiary/aromatic N) is 2. The van der Waals surface area contributed by atoms with Crippen LogP contribution in [-0.2, 0) is 23.1 Å². The van der Waals surface area contributed by atoms with Crippen molar-refractivity contribution in [2.24, 2.45) is 0 Å². The molecule has 1 amide bonds. The van der Waals surface area contributed by atoms with Crippen LogP contribution in [0.4, 0.5) is 0 Å². The van der Waals surface area contributed by atoms with Gasteiger partial charge in [0.15, 0.2) is 11.5 Å². The zero-order valence-electron chi connectivity index (χ0n) is 23.7. The van der Waals surface area contributed by atoms with E-state index in [-0.39, 0.29) is 24.1 Å². The molecule has 1 spiro atoms. The first-order chi connectivity index (χ1) is 20.0. The average molecular weight is 549 g/mol. The van der Waals surface area contributed by atoms with Gasteiger partial charge in [0.1, 0.15) is 6.10 Å². The fourth-order valence-electron chi connectivity index (χ4n) is 8.22. The number of carbonyl (C=O) groups is 1. The molecule has 3 aromatic rings. The van der Waals surface area contributed by atoms with Crippen LogP contribution in [0.1, 0.15) is 41.5 Å². The normalized spacial score (nSPS) is 29.0. The summed E-state index contributed by atoms with van der Waals surface area (Å²) in [6.45, 7) is 1.77. The van der Waals surface area contributed by atoms with E-state index < -0.39 is 11.0 Å². The van der Waals surface area contributed by atoms with Gasteiger partial charge in [-0.2, -0.15) is 0 Å². The van der Waals surface area contributed by atoms with Gasteiger partial charge in [-0.1, -0.05) is 60.5 Å². The van der Waals surface area contributed by atoms with Crippen molar-refractivity contribution in [3.63, 3.8) is 0 Å². The summed E-state index contributed by atoms with van der Waals surface area (Å²) in [4.78, 5) is 17.6. The molecule has 5 atom stereocenters. The fourth-order valence-corrected chi connectivity index (χ4v) is 8.22. The number of likely N-dealkylation sites (N-methyl/N-ethyl adjacent to an activating group) is 1. The summed E-state index contributed by atoms with van der Waals surface area (Å²) in [5, 5.41) is 12.8. The molecule has 2 bridgehead atoms. The van der Waals surface area contributed by atoms with Gasteiger partial charge >= 0.3 is 0 Å². The van der Waals surface area contributed by atoms with Crippen molar-refractivity contribution in [2.75, 3.05) is 27.2 Å². The maximum absolute atomic E-state index is 13.4. The first kappa shape index (κ1) is 26.1. The second kappa shape index (κ2) is 9.94. The lowest BCUT2D eigenvalue weighted by Gasteiger charge is -2.64. The molecule has 6 nitrogen and oxygen atoms in total. The average Bonchev–Trinajstić information content (AvgIpc) is 3.35. The zero-order chi connectivity index (χ0) is 28.2. The Hall–Kier alpha value is -3.79. The summed E-state index contributed by atoms with van der Waals surface area (Å²) in [5.74, 6) is 7.06. The van der Waals surface area contributed by atoms with E-state index in [4.69, 9.17) is 9.47 Å². The fraction of sp³-hybridized carbons (Fsp3) is 0.400. The lowest BCUT2D eigenvalue weighted by atomic mass is 9.48. The number of carbonyl (C=O) groups excluding carboxylic acids is 1. The number of hydrogen-bond donors (Lipinski definition) is 1. The molecule has 3 aromatic carbocycles. The molecule has 2 aliphatic carbocycles. The Labute approximate surface area is 241 Å². The van der Waals surface area contributed by atoms with Gasteiger partial charge in [-0.05, 0) is 68.0 Å². The highest BCUT2D eigenvalue weighted by Crippen LogP contribution is 2.65. The standard InChI is InChI=1S/C35H36N2O4/c1-36(30(38)16-13-24-9-5-3-6-10-24)27-17-19-35(39)29-23-26-14-15-28(40-2)32-31(26)34(35,33(27)41-32)20-22-37(29)21-18-25-11-7-4-8-12-25/h3-12,14-15,27,29,33,39H,17-23H2,1-2H3/t27-,29-,33+,34+,35-/m1/s1. The number of amides is 1. The zero-order valence-corrected chi connectivity index (χ0v) is 23.7. The van der Waals surface area contributed by atoms with Gasteiger partial charge in [0.05, 0.1) is 24.2 Å². The molecular weight excluding hydrogens is 512 g/mol. The van der Waals surface area contributed by atoms with E-state index in [1.807, 2.05) is 43.4 Å². The van der Waals surface area contributed by atoms with Gasteiger partial charge in [-0.25, -0.2) is 0 Å². The third-order valence-electron chi connectivity index (χ3n) is 10.2. The van der Waals surface area contributed by atoms with E-state index >= 15 is 0 Å². The summed E-state index contributed by atoms with van der Waals surface area (Å²) in [7, 11) is 3.49. The lowest BCUT2D eigenvalue weighted by molar-refractivity contribution is -0.199. The summed E-state index contributed by atoms with van der Waals surface area (Å²) in [6, 6.07) is 24.1. The molecule has 7 rings (SSSR count). The summed E-state index contributed by atoms with van der Waals surface area (Å²) in [5.41, 5.74) is 2.87. The van der Waals surface area contributed by atoms with Gasteiger partial charge in [-0.3, -0.25) is 9.69 Å². The van der Waals surface area contributed by atoms with Crippen molar-refractivity contribution in [2.45, 2.75) is 61.3 Å². The number of piperidine rings is 1. The highest BCUT2D eigenvalue weighted by atomic mass is 16.5. The highest BCUT2D eigenvalue weighted by Gasteiger charge is 2.73. The first-order valence-corrected chi connectivity index (χ1v) is 14.7. The van der Waals surface area contributed by atoms with Crippen molar-refractivity contribution in [1.29, 1.82) is 0 Å². The van der Waals surface area contributed by atoms with Crippen molar-refractivity contribution in [1.82, 2.24) is 9.80 Å². The molecule has 0 radical (unpaired) electrons. The topological polar surface area (TPSA) is 62.2 Å². The highest BCUT2D eigenvalue weighted by molar-refractivity contribution is 5.94. The summed E-state index contributed by atoms with van der Waals surface area (Å²) < 4.78 is 12.6. The quantitative estimate of drug-likeness (QED) is 0.489. The predicted octanol–water partition coefficient (Wildman–Crippen LogP) is 3.97. The van der Waals surface area contributed by atoms with Gasteiger partial charge < -0.3 is 19.5 Å². The molecule has 0 aromatic heterocycles. The second-order valence-corrected chi connectivity index (χ2v) is 11.9. The van der Waals surface area contributed by atoms with Gasteiger partial charge in [0, 0.05) is 36.7 Å². The minimum atomic E-state index is -0.965. The first-order valence-electron chi connectivity index (χ1n) is 14.7. The third kappa shape index (κ3) is 3.90. The molecule has 4 aliphatic rings. The van der Waals surface area contributed by atoms with Crippen LogP contribution in [0.15, 0.2) is 72.8 Å². The molecule has 2 aliphatic heterocycles.